The number of hydrogen-bond acceptors (Lipinski definition) is 2. The van der Waals surface area contributed by atoms with Crippen LogP contribution < -0.4 is 0 Å². The molecule has 0 unspecified atom stereocenters. The summed E-state index contributed by atoms with van der Waals surface area (Å²) < 4.78 is 5.26. The third kappa shape index (κ3) is 3.60. The Bertz CT molecular complexity index is 272. The van der Waals surface area contributed by atoms with Crippen molar-refractivity contribution in [1.29, 1.82) is 0 Å². The minimum absolute atomic E-state index is 0. The molecule has 1 aliphatic rings. The quantitative estimate of drug-likeness (QED) is 0.696. The summed E-state index contributed by atoms with van der Waals surface area (Å²) in [4.78, 5) is 4.17. The average molecular weight is 368 g/mol. The topological polar surface area (TPSA) is 21.6 Å². The summed E-state index contributed by atoms with van der Waals surface area (Å²) in [5.74, 6) is 0.727. The first kappa shape index (κ1) is 15.8. The SMILES string of the molecule is [CH3-].[CH3-].[Ir+3].[c-]1ccccc1C1=NCCO1. The Hall–Kier alpha value is -0.661. The standard InChI is InChI=1S/C9H8NO.2CH3.Ir/c1-2-4-8(5-3-1)9-10-6-7-11-9;;;/h1-4H,6-7H2;2*1H3;/q3*-1;+3. The van der Waals surface area contributed by atoms with Crippen LogP contribution in [-0.4, -0.2) is 19.0 Å². The molecule has 14 heavy (non-hydrogen) atoms. The first-order valence-corrected chi connectivity index (χ1v) is 3.61. The van der Waals surface area contributed by atoms with Crippen LogP contribution >= 0.6 is 0 Å². The number of aliphatic imine (C=N–C) groups is 1. The van der Waals surface area contributed by atoms with E-state index in [2.05, 4.69) is 11.1 Å². The van der Waals surface area contributed by atoms with Crippen LogP contribution in [0.2, 0.25) is 0 Å². The molecular formula is C11H14IrNO. The van der Waals surface area contributed by atoms with Gasteiger partial charge in [0.25, 0.3) is 0 Å². The van der Waals surface area contributed by atoms with Gasteiger partial charge in [-0.2, -0.15) is 0 Å². The van der Waals surface area contributed by atoms with Crippen LogP contribution in [-0.2, 0) is 24.8 Å². The van der Waals surface area contributed by atoms with Crippen molar-refractivity contribution in [1.82, 2.24) is 0 Å². The number of hydrogen-bond donors (Lipinski definition) is 0. The molecule has 2 nitrogen and oxygen atoms in total. The Morgan fingerprint density at radius 1 is 1.29 bits per heavy atom. The van der Waals surface area contributed by atoms with Gasteiger partial charge in [0.2, 0.25) is 0 Å². The van der Waals surface area contributed by atoms with Crippen LogP contribution in [0.15, 0.2) is 29.3 Å². The van der Waals surface area contributed by atoms with E-state index in [1.807, 2.05) is 24.3 Å². The van der Waals surface area contributed by atoms with Gasteiger partial charge < -0.3 is 19.6 Å². The van der Waals surface area contributed by atoms with Crippen LogP contribution in [0, 0.1) is 20.9 Å². The van der Waals surface area contributed by atoms with E-state index < -0.39 is 0 Å². The minimum Gasteiger partial charge on any atom is -0.518 e. The second-order valence-electron chi connectivity index (χ2n) is 2.31. The second kappa shape index (κ2) is 7.72. The minimum atomic E-state index is 0. The summed E-state index contributed by atoms with van der Waals surface area (Å²) in [5.41, 5.74) is 0.949. The maximum atomic E-state index is 5.26. The van der Waals surface area contributed by atoms with Crippen LogP contribution in [0.1, 0.15) is 5.56 Å². The van der Waals surface area contributed by atoms with Crippen LogP contribution in [0.25, 0.3) is 0 Å². The normalized spacial score (nSPS) is 12.4. The van der Waals surface area contributed by atoms with E-state index in [0.29, 0.717) is 6.61 Å². The van der Waals surface area contributed by atoms with Crippen LogP contribution in [0.5, 0.6) is 0 Å². The average Bonchev–Trinajstić information content (AvgIpc) is 2.58. The fourth-order valence-electron chi connectivity index (χ4n) is 1.02. The maximum absolute atomic E-state index is 5.26. The van der Waals surface area contributed by atoms with Crippen molar-refractivity contribution in [2.24, 2.45) is 4.99 Å². The summed E-state index contributed by atoms with van der Waals surface area (Å²) in [6.45, 7) is 1.48. The van der Waals surface area contributed by atoms with E-state index >= 15 is 0 Å². The van der Waals surface area contributed by atoms with Crippen LogP contribution in [0.4, 0.5) is 0 Å². The molecule has 0 saturated heterocycles. The third-order valence-electron chi connectivity index (χ3n) is 1.52. The van der Waals surface area contributed by atoms with Gasteiger partial charge in [-0.1, -0.05) is 5.56 Å². The van der Waals surface area contributed by atoms with Crippen molar-refractivity contribution in [3.8, 4) is 0 Å². The molecule has 1 aromatic rings. The molecule has 0 saturated carbocycles. The zero-order valence-electron chi connectivity index (χ0n) is 8.41. The molecule has 1 aliphatic heterocycles. The molecule has 2 rings (SSSR count). The summed E-state index contributed by atoms with van der Waals surface area (Å²) in [5, 5.41) is 0. The largest absolute Gasteiger partial charge is 3.00 e. The van der Waals surface area contributed by atoms with E-state index in [1.165, 1.54) is 0 Å². The van der Waals surface area contributed by atoms with Gasteiger partial charge in [0.1, 0.15) is 5.90 Å². The van der Waals surface area contributed by atoms with Crippen LogP contribution in [0.3, 0.4) is 0 Å². The van der Waals surface area contributed by atoms with Gasteiger partial charge in [0.15, 0.2) is 0 Å². The first-order chi connectivity index (χ1) is 5.47. The van der Waals surface area contributed by atoms with E-state index in [1.54, 1.807) is 0 Å². The fourth-order valence-corrected chi connectivity index (χ4v) is 1.02. The first-order valence-electron chi connectivity index (χ1n) is 3.61. The van der Waals surface area contributed by atoms with Crippen molar-refractivity contribution >= 4 is 5.90 Å². The fraction of sp³-hybridized carbons (Fsp3) is 0.182. The second-order valence-corrected chi connectivity index (χ2v) is 2.31. The van der Waals surface area contributed by atoms with E-state index in [9.17, 15) is 0 Å². The molecule has 0 radical (unpaired) electrons. The van der Waals surface area contributed by atoms with E-state index in [-0.39, 0.29) is 35.0 Å². The molecule has 0 aromatic heterocycles. The predicted molar refractivity (Wildman–Crippen MR) is 55.5 cm³/mol. The summed E-state index contributed by atoms with van der Waals surface area (Å²) in [6.07, 6.45) is 0. The van der Waals surface area contributed by atoms with Crippen molar-refractivity contribution < 1.29 is 24.8 Å². The van der Waals surface area contributed by atoms with Crippen molar-refractivity contribution in [3.05, 3.63) is 50.7 Å². The van der Waals surface area contributed by atoms with Crippen molar-refractivity contribution in [2.75, 3.05) is 13.2 Å². The number of rotatable bonds is 1. The summed E-state index contributed by atoms with van der Waals surface area (Å²) in [7, 11) is 0. The molecule has 0 fully saturated rings. The molecule has 1 heterocycles. The Morgan fingerprint density at radius 3 is 2.57 bits per heavy atom. The Morgan fingerprint density at radius 2 is 2.07 bits per heavy atom. The number of nitrogens with zero attached hydrogens (tertiary/aromatic N) is 1. The Labute approximate surface area is 99.7 Å². The Balaban J connectivity index is 0. The van der Waals surface area contributed by atoms with E-state index in [4.69, 9.17) is 4.74 Å². The molecule has 0 spiro atoms. The molecular weight excluding hydrogens is 354 g/mol. The molecule has 0 atom stereocenters. The summed E-state index contributed by atoms with van der Waals surface area (Å²) in [6, 6.07) is 10.7. The smallest absolute Gasteiger partial charge is 0.518 e. The molecule has 0 bridgehead atoms. The van der Waals surface area contributed by atoms with Crippen molar-refractivity contribution in [2.45, 2.75) is 0 Å². The van der Waals surface area contributed by atoms with E-state index in [0.717, 1.165) is 18.0 Å². The van der Waals surface area contributed by atoms with Gasteiger partial charge in [0.05, 0.1) is 13.2 Å². The van der Waals surface area contributed by atoms with Gasteiger partial charge in [-0.15, -0.1) is 30.3 Å². The van der Waals surface area contributed by atoms with Gasteiger partial charge in [-0.25, -0.2) is 0 Å². The molecule has 0 aliphatic carbocycles. The molecule has 3 heteroatoms. The third-order valence-corrected chi connectivity index (χ3v) is 1.52. The molecule has 1 aromatic carbocycles. The maximum Gasteiger partial charge on any atom is 3.00 e. The number of ether oxygens (including phenoxy) is 1. The van der Waals surface area contributed by atoms with Gasteiger partial charge in [0, 0.05) is 0 Å². The summed E-state index contributed by atoms with van der Waals surface area (Å²) >= 11 is 0. The van der Waals surface area contributed by atoms with Gasteiger partial charge >= 0.3 is 20.1 Å². The predicted octanol–water partition coefficient (Wildman–Crippen LogP) is 2.16. The molecule has 78 valence electrons. The monoisotopic (exact) mass is 369 g/mol. The van der Waals surface area contributed by atoms with Crippen molar-refractivity contribution in [3.63, 3.8) is 0 Å². The molecule has 0 amide bonds. The number of benzene rings is 1. The Kier molecular flexibility index (Phi) is 8.71. The zero-order chi connectivity index (χ0) is 7.52. The van der Waals surface area contributed by atoms with Gasteiger partial charge in [-0.3, -0.25) is 4.99 Å². The van der Waals surface area contributed by atoms with Gasteiger partial charge in [-0.05, 0) is 0 Å². The molecule has 0 N–H and O–H groups in total. The zero-order valence-corrected chi connectivity index (χ0v) is 10.8.